The molecule has 1 N–H and O–H groups in total. The van der Waals surface area contributed by atoms with Crippen molar-refractivity contribution in [1.29, 1.82) is 0 Å². The molecular formula is C15H13BrN2O2. The number of methoxy groups -OCH3 is 1. The van der Waals surface area contributed by atoms with E-state index in [0.29, 0.717) is 6.54 Å². The van der Waals surface area contributed by atoms with Crippen LogP contribution in [-0.4, -0.2) is 18.0 Å². The zero-order valence-electron chi connectivity index (χ0n) is 10.9. The number of carbonyl (C=O) groups is 1. The van der Waals surface area contributed by atoms with Gasteiger partial charge in [-0.25, -0.2) is 5.01 Å². The molecule has 0 aromatic heterocycles. The van der Waals surface area contributed by atoms with Crippen molar-refractivity contribution >= 4 is 27.5 Å². The van der Waals surface area contributed by atoms with Gasteiger partial charge in [0.2, 0.25) is 0 Å². The summed E-state index contributed by atoms with van der Waals surface area (Å²) in [6.45, 7) is 0.554. The molecule has 1 aliphatic rings. The van der Waals surface area contributed by atoms with Gasteiger partial charge in [-0.3, -0.25) is 10.2 Å². The molecule has 20 heavy (non-hydrogen) atoms. The summed E-state index contributed by atoms with van der Waals surface area (Å²) in [5, 5.41) is 1.60. The van der Waals surface area contributed by atoms with Gasteiger partial charge in [-0.15, -0.1) is 0 Å². The Kier molecular flexibility index (Phi) is 3.36. The smallest absolute Gasteiger partial charge is 0.272 e. The van der Waals surface area contributed by atoms with Crippen LogP contribution in [-0.2, 0) is 6.54 Å². The van der Waals surface area contributed by atoms with Gasteiger partial charge in [-0.1, -0.05) is 28.1 Å². The molecule has 0 aliphatic carbocycles. The van der Waals surface area contributed by atoms with E-state index >= 15 is 0 Å². The van der Waals surface area contributed by atoms with Gasteiger partial charge in [0.15, 0.2) is 0 Å². The molecule has 102 valence electrons. The highest BCUT2D eigenvalue weighted by molar-refractivity contribution is 9.10. The van der Waals surface area contributed by atoms with Crippen LogP contribution >= 0.6 is 15.9 Å². The fourth-order valence-electron chi connectivity index (χ4n) is 2.21. The minimum absolute atomic E-state index is 0.0240. The molecule has 0 saturated carbocycles. The number of fused-ring (bicyclic) bond motifs is 1. The minimum Gasteiger partial charge on any atom is -0.497 e. The van der Waals surface area contributed by atoms with Gasteiger partial charge in [-0.2, -0.15) is 0 Å². The highest BCUT2D eigenvalue weighted by Gasteiger charge is 2.27. The standard InChI is InChI=1S/C15H13BrN2O2/c1-20-13-4-2-3-12(8-13)17-18-9-10-5-6-11(16)7-14(10)15(18)19/h2-8,17H,9H2,1H3. The van der Waals surface area contributed by atoms with Crippen LogP contribution in [0.3, 0.4) is 0 Å². The van der Waals surface area contributed by atoms with E-state index in [2.05, 4.69) is 21.4 Å². The van der Waals surface area contributed by atoms with Crippen molar-refractivity contribution in [3.63, 3.8) is 0 Å². The largest absolute Gasteiger partial charge is 0.497 e. The molecule has 1 aliphatic heterocycles. The van der Waals surface area contributed by atoms with Crippen molar-refractivity contribution in [2.45, 2.75) is 6.54 Å². The van der Waals surface area contributed by atoms with E-state index in [4.69, 9.17) is 4.74 Å². The lowest BCUT2D eigenvalue weighted by atomic mass is 10.1. The lowest BCUT2D eigenvalue weighted by molar-refractivity contribution is 0.0814. The predicted octanol–water partition coefficient (Wildman–Crippen LogP) is 3.44. The number of benzene rings is 2. The average molecular weight is 333 g/mol. The quantitative estimate of drug-likeness (QED) is 0.936. The minimum atomic E-state index is -0.0240. The molecule has 2 aromatic carbocycles. The first-order valence-electron chi connectivity index (χ1n) is 6.18. The fourth-order valence-corrected chi connectivity index (χ4v) is 2.57. The van der Waals surface area contributed by atoms with E-state index in [1.165, 1.54) is 0 Å². The highest BCUT2D eigenvalue weighted by atomic mass is 79.9. The number of amides is 1. The summed E-state index contributed by atoms with van der Waals surface area (Å²) in [6, 6.07) is 13.3. The molecule has 3 rings (SSSR count). The van der Waals surface area contributed by atoms with Crippen molar-refractivity contribution in [2.75, 3.05) is 12.5 Å². The number of ether oxygens (including phenoxy) is 1. The van der Waals surface area contributed by atoms with Crippen LogP contribution in [0.4, 0.5) is 5.69 Å². The number of nitrogens with zero attached hydrogens (tertiary/aromatic N) is 1. The summed E-state index contributed by atoms with van der Waals surface area (Å²) < 4.78 is 6.08. The summed E-state index contributed by atoms with van der Waals surface area (Å²) in [5.74, 6) is 0.728. The molecule has 0 unspecified atom stereocenters. The number of hydrazine groups is 1. The Balaban J connectivity index is 1.82. The highest BCUT2D eigenvalue weighted by Crippen LogP contribution is 2.27. The summed E-state index contributed by atoms with van der Waals surface area (Å²) in [5.41, 5.74) is 5.70. The maximum atomic E-state index is 12.3. The zero-order chi connectivity index (χ0) is 14.1. The Morgan fingerprint density at radius 2 is 2.10 bits per heavy atom. The van der Waals surface area contributed by atoms with E-state index in [0.717, 1.165) is 27.0 Å². The summed E-state index contributed by atoms with van der Waals surface area (Å²) in [6.07, 6.45) is 0. The Morgan fingerprint density at radius 3 is 2.90 bits per heavy atom. The molecule has 0 saturated heterocycles. The number of hydrogen-bond acceptors (Lipinski definition) is 3. The number of hydrogen-bond donors (Lipinski definition) is 1. The van der Waals surface area contributed by atoms with Gasteiger partial charge >= 0.3 is 0 Å². The molecule has 0 atom stereocenters. The summed E-state index contributed by atoms with van der Waals surface area (Å²) in [4.78, 5) is 12.3. The Labute approximate surface area is 125 Å². The van der Waals surface area contributed by atoms with E-state index in [1.54, 1.807) is 12.1 Å². The van der Waals surface area contributed by atoms with E-state index < -0.39 is 0 Å². The number of anilines is 1. The summed E-state index contributed by atoms with van der Waals surface area (Å²) in [7, 11) is 1.62. The van der Waals surface area contributed by atoms with Crippen molar-refractivity contribution in [3.8, 4) is 5.75 Å². The van der Waals surface area contributed by atoms with Crippen LogP contribution in [0.1, 0.15) is 15.9 Å². The lowest BCUT2D eigenvalue weighted by Crippen LogP contribution is -2.30. The molecule has 2 aromatic rings. The van der Waals surface area contributed by atoms with Crippen LogP contribution in [0.5, 0.6) is 5.75 Å². The van der Waals surface area contributed by atoms with Gasteiger partial charge in [0.05, 0.1) is 19.3 Å². The maximum Gasteiger partial charge on any atom is 0.272 e. The van der Waals surface area contributed by atoms with Crippen LogP contribution in [0, 0.1) is 0 Å². The number of halogens is 1. The molecule has 0 radical (unpaired) electrons. The van der Waals surface area contributed by atoms with Crippen LogP contribution in [0.25, 0.3) is 0 Å². The van der Waals surface area contributed by atoms with Gasteiger partial charge in [0.1, 0.15) is 5.75 Å². The van der Waals surface area contributed by atoms with E-state index in [9.17, 15) is 4.79 Å². The van der Waals surface area contributed by atoms with Gasteiger partial charge in [0.25, 0.3) is 5.91 Å². The van der Waals surface area contributed by atoms with E-state index in [1.807, 2.05) is 42.5 Å². The van der Waals surface area contributed by atoms with Gasteiger partial charge in [-0.05, 0) is 29.8 Å². The zero-order valence-corrected chi connectivity index (χ0v) is 12.5. The molecule has 0 bridgehead atoms. The monoisotopic (exact) mass is 332 g/mol. The molecule has 1 heterocycles. The third-order valence-electron chi connectivity index (χ3n) is 3.21. The number of carbonyl (C=O) groups excluding carboxylic acids is 1. The summed E-state index contributed by atoms with van der Waals surface area (Å²) >= 11 is 3.39. The van der Waals surface area contributed by atoms with Crippen molar-refractivity contribution in [1.82, 2.24) is 5.01 Å². The van der Waals surface area contributed by atoms with Crippen LogP contribution in [0.15, 0.2) is 46.9 Å². The Morgan fingerprint density at radius 1 is 1.25 bits per heavy atom. The molecule has 1 amide bonds. The maximum absolute atomic E-state index is 12.3. The van der Waals surface area contributed by atoms with Crippen LogP contribution in [0.2, 0.25) is 0 Å². The van der Waals surface area contributed by atoms with Gasteiger partial charge in [0, 0.05) is 16.1 Å². The average Bonchev–Trinajstić information content (AvgIpc) is 2.76. The first-order valence-corrected chi connectivity index (χ1v) is 6.97. The first-order chi connectivity index (χ1) is 9.67. The number of rotatable bonds is 3. The topological polar surface area (TPSA) is 41.6 Å². The third kappa shape index (κ3) is 2.36. The molecular weight excluding hydrogens is 320 g/mol. The Bertz CT molecular complexity index is 673. The number of nitrogens with one attached hydrogen (secondary N) is 1. The lowest BCUT2D eigenvalue weighted by Gasteiger charge is -2.18. The third-order valence-corrected chi connectivity index (χ3v) is 3.70. The molecule has 5 heteroatoms. The molecule has 4 nitrogen and oxygen atoms in total. The predicted molar refractivity (Wildman–Crippen MR) is 80.6 cm³/mol. The second-order valence-corrected chi connectivity index (χ2v) is 5.45. The van der Waals surface area contributed by atoms with Crippen LogP contribution < -0.4 is 10.2 Å². The van der Waals surface area contributed by atoms with Crippen molar-refractivity contribution in [2.24, 2.45) is 0 Å². The van der Waals surface area contributed by atoms with E-state index in [-0.39, 0.29) is 5.91 Å². The first kappa shape index (κ1) is 13.0. The normalized spacial score (nSPS) is 13.3. The molecule has 0 fully saturated rings. The van der Waals surface area contributed by atoms with Gasteiger partial charge < -0.3 is 4.74 Å². The molecule has 0 spiro atoms. The second-order valence-electron chi connectivity index (χ2n) is 4.54. The van der Waals surface area contributed by atoms with Crippen molar-refractivity contribution < 1.29 is 9.53 Å². The van der Waals surface area contributed by atoms with Crippen molar-refractivity contribution in [3.05, 3.63) is 58.1 Å². The Hall–Kier alpha value is -2.01. The SMILES string of the molecule is COc1cccc(NN2Cc3ccc(Br)cc3C2=O)c1. The fraction of sp³-hybridized carbons (Fsp3) is 0.133. The second kappa shape index (κ2) is 5.17.